The third kappa shape index (κ3) is 2.95. The van der Waals surface area contributed by atoms with Gasteiger partial charge in [-0.1, -0.05) is 12.1 Å². The quantitative estimate of drug-likeness (QED) is 0.906. The molecule has 0 radical (unpaired) electrons. The SMILES string of the molecule is COc1ccc(C(=O)Nc2cccc(C)c2C#N)cc1O. The maximum atomic E-state index is 12.2. The van der Waals surface area contributed by atoms with Crippen LogP contribution >= 0.6 is 0 Å². The molecular weight excluding hydrogens is 268 g/mol. The van der Waals surface area contributed by atoms with E-state index in [2.05, 4.69) is 11.4 Å². The van der Waals surface area contributed by atoms with Crippen molar-refractivity contribution in [2.24, 2.45) is 0 Å². The lowest BCUT2D eigenvalue weighted by Gasteiger charge is -2.10. The molecule has 0 aliphatic heterocycles. The van der Waals surface area contributed by atoms with Gasteiger partial charge < -0.3 is 15.2 Å². The molecule has 0 fully saturated rings. The van der Waals surface area contributed by atoms with Gasteiger partial charge in [-0.3, -0.25) is 4.79 Å². The maximum absolute atomic E-state index is 12.2. The van der Waals surface area contributed by atoms with Crippen LogP contribution in [0.2, 0.25) is 0 Å². The fourth-order valence-electron chi connectivity index (χ4n) is 1.95. The largest absolute Gasteiger partial charge is 0.504 e. The topological polar surface area (TPSA) is 82.3 Å². The van der Waals surface area contributed by atoms with E-state index in [1.165, 1.54) is 25.3 Å². The molecule has 0 atom stereocenters. The molecule has 2 aromatic rings. The van der Waals surface area contributed by atoms with E-state index in [-0.39, 0.29) is 11.3 Å². The highest BCUT2D eigenvalue weighted by Gasteiger charge is 2.12. The molecule has 0 aromatic heterocycles. The van der Waals surface area contributed by atoms with Crippen molar-refractivity contribution in [1.29, 1.82) is 5.26 Å². The van der Waals surface area contributed by atoms with Gasteiger partial charge in [0.2, 0.25) is 0 Å². The van der Waals surface area contributed by atoms with Gasteiger partial charge in [-0.25, -0.2) is 0 Å². The zero-order valence-electron chi connectivity index (χ0n) is 11.7. The number of nitrogens with zero attached hydrogens (tertiary/aromatic N) is 1. The zero-order valence-corrected chi connectivity index (χ0v) is 11.7. The number of hydrogen-bond acceptors (Lipinski definition) is 4. The minimum Gasteiger partial charge on any atom is -0.504 e. The molecule has 5 heteroatoms. The number of nitrogens with one attached hydrogen (secondary N) is 1. The summed E-state index contributed by atoms with van der Waals surface area (Å²) in [7, 11) is 1.43. The number of methoxy groups -OCH3 is 1. The molecule has 0 spiro atoms. The van der Waals surface area contributed by atoms with Crippen LogP contribution in [0.5, 0.6) is 11.5 Å². The van der Waals surface area contributed by atoms with Gasteiger partial charge in [-0.15, -0.1) is 0 Å². The third-order valence-corrected chi connectivity index (χ3v) is 3.07. The predicted molar refractivity (Wildman–Crippen MR) is 78.5 cm³/mol. The Bertz CT molecular complexity index is 733. The Morgan fingerprint density at radius 3 is 2.71 bits per heavy atom. The number of aryl methyl sites for hydroxylation is 1. The number of nitriles is 1. The van der Waals surface area contributed by atoms with E-state index in [0.717, 1.165) is 5.56 Å². The van der Waals surface area contributed by atoms with Crippen LogP contribution in [0, 0.1) is 18.3 Å². The fraction of sp³-hybridized carbons (Fsp3) is 0.125. The lowest BCUT2D eigenvalue weighted by Crippen LogP contribution is -2.13. The van der Waals surface area contributed by atoms with Crippen molar-refractivity contribution in [2.75, 3.05) is 12.4 Å². The zero-order chi connectivity index (χ0) is 15.4. The summed E-state index contributed by atoms with van der Waals surface area (Å²) in [4.78, 5) is 12.2. The van der Waals surface area contributed by atoms with Crippen molar-refractivity contribution < 1.29 is 14.6 Å². The Balaban J connectivity index is 2.29. The molecule has 106 valence electrons. The van der Waals surface area contributed by atoms with E-state index in [1.54, 1.807) is 25.1 Å². The average Bonchev–Trinajstić information content (AvgIpc) is 2.47. The van der Waals surface area contributed by atoms with Crippen molar-refractivity contribution in [3.8, 4) is 17.6 Å². The number of carbonyl (C=O) groups is 1. The van der Waals surface area contributed by atoms with Crippen LogP contribution in [0.3, 0.4) is 0 Å². The van der Waals surface area contributed by atoms with Gasteiger partial charge in [-0.2, -0.15) is 5.26 Å². The Kier molecular flexibility index (Phi) is 4.10. The van der Waals surface area contributed by atoms with Gasteiger partial charge in [0.1, 0.15) is 6.07 Å². The molecule has 2 N–H and O–H groups in total. The molecule has 0 bridgehead atoms. The molecule has 0 unspecified atom stereocenters. The molecule has 2 rings (SSSR count). The summed E-state index contributed by atoms with van der Waals surface area (Å²) in [6.07, 6.45) is 0. The second-order valence-corrected chi connectivity index (χ2v) is 4.45. The number of aromatic hydroxyl groups is 1. The summed E-state index contributed by atoms with van der Waals surface area (Å²) in [5.74, 6) is -0.232. The molecule has 21 heavy (non-hydrogen) atoms. The highest BCUT2D eigenvalue weighted by Crippen LogP contribution is 2.27. The molecule has 1 amide bonds. The summed E-state index contributed by atoms with van der Waals surface area (Å²) in [5, 5.41) is 21.5. The Morgan fingerprint density at radius 2 is 2.10 bits per heavy atom. The van der Waals surface area contributed by atoms with Gasteiger partial charge in [0.25, 0.3) is 5.91 Å². The first-order valence-electron chi connectivity index (χ1n) is 6.25. The average molecular weight is 282 g/mol. The smallest absolute Gasteiger partial charge is 0.255 e. The number of carbonyl (C=O) groups excluding carboxylic acids is 1. The van der Waals surface area contributed by atoms with Crippen molar-refractivity contribution in [2.45, 2.75) is 6.92 Å². The number of hydrogen-bond donors (Lipinski definition) is 2. The second-order valence-electron chi connectivity index (χ2n) is 4.45. The number of benzene rings is 2. The first kappa shape index (κ1) is 14.4. The molecule has 0 saturated carbocycles. The highest BCUT2D eigenvalue weighted by molar-refractivity contribution is 6.05. The second kappa shape index (κ2) is 5.97. The van der Waals surface area contributed by atoms with Gasteiger partial charge in [0.05, 0.1) is 18.4 Å². The van der Waals surface area contributed by atoms with Crippen LogP contribution < -0.4 is 10.1 Å². The Labute approximate surface area is 122 Å². The minimum absolute atomic E-state index is 0.116. The van der Waals surface area contributed by atoms with Crippen molar-refractivity contribution in [3.05, 3.63) is 53.1 Å². The molecule has 0 aliphatic rings. The Morgan fingerprint density at radius 1 is 1.33 bits per heavy atom. The minimum atomic E-state index is -0.407. The van der Waals surface area contributed by atoms with Crippen LogP contribution in [0.1, 0.15) is 21.5 Å². The van der Waals surface area contributed by atoms with Gasteiger partial charge in [0, 0.05) is 5.56 Å². The first-order valence-corrected chi connectivity index (χ1v) is 6.25. The van der Waals surface area contributed by atoms with E-state index in [0.29, 0.717) is 17.0 Å². The first-order chi connectivity index (χ1) is 10.1. The Hall–Kier alpha value is -3.00. The number of anilines is 1. The lowest BCUT2D eigenvalue weighted by molar-refractivity contribution is 0.102. The number of amides is 1. The molecule has 0 saturated heterocycles. The van der Waals surface area contributed by atoms with Crippen LogP contribution in [0.4, 0.5) is 5.69 Å². The lowest BCUT2D eigenvalue weighted by atomic mass is 10.1. The van der Waals surface area contributed by atoms with E-state index in [4.69, 9.17) is 10.00 Å². The van der Waals surface area contributed by atoms with Gasteiger partial charge in [0.15, 0.2) is 11.5 Å². The molecule has 2 aromatic carbocycles. The highest BCUT2D eigenvalue weighted by atomic mass is 16.5. The fourth-order valence-corrected chi connectivity index (χ4v) is 1.95. The molecule has 0 heterocycles. The number of phenols is 1. The molecule has 0 aliphatic carbocycles. The van der Waals surface area contributed by atoms with E-state index >= 15 is 0 Å². The molecular formula is C16H14N2O3. The van der Waals surface area contributed by atoms with E-state index < -0.39 is 5.91 Å². The summed E-state index contributed by atoms with van der Waals surface area (Å²) in [6.45, 7) is 1.80. The number of phenolic OH excluding ortho intramolecular Hbond substituents is 1. The van der Waals surface area contributed by atoms with E-state index in [9.17, 15) is 9.90 Å². The van der Waals surface area contributed by atoms with Crippen molar-refractivity contribution >= 4 is 11.6 Å². The van der Waals surface area contributed by atoms with Crippen LogP contribution in [-0.2, 0) is 0 Å². The summed E-state index contributed by atoms with van der Waals surface area (Å²) < 4.78 is 4.93. The number of rotatable bonds is 3. The standard InChI is InChI=1S/C16H14N2O3/c1-10-4-3-5-13(12(10)9-17)18-16(20)11-6-7-15(21-2)14(19)8-11/h3-8,19H,1-2H3,(H,18,20). The predicted octanol–water partition coefficient (Wildman–Crippen LogP) is 2.83. The maximum Gasteiger partial charge on any atom is 0.255 e. The summed E-state index contributed by atoms with van der Waals surface area (Å²) in [5.41, 5.74) is 1.92. The third-order valence-electron chi connectivity index (χ3n) is 3.07. The van der Waals surface area contributed by atoms with E-state index in [1.807, 2.05) is 0 Å². The van der Waals surface area contributed by atoms with Crippen LogP contribution in [0.25, 0.3) is 0 Å². The van der Waals surface area contributed by atoms with Crippen molar-refractivity contribution in [3.63, 3.8) is 0 Å². The summed E-state index contributed by atoms with van der Waals surface area (Å²) in [6, 6.07) is 11.6. The van der Waals surface area contributed by atoms with Gasteiger partial charge in [-0.05, 0) is 36.8 Å². The van der Waals surface area contributed by atoms with Crippen LogP contribution in [-0.4, -0.2) is 18.1 Å². The van der Waals surface area contributed by atoms with Gasteiger partial charge >= 0.3 is 0 Å². The van der Waals surface area contributed by atoms with Crippen LogP contribution in [0.15, 0.2) is 36.4 Å². The van der Waals surface area contributed by atoms with Crippen molar-refractivity contribution in [1.82, 2.24) is 0 Å². The normalized spacial score (nSPS) is 9.76. The monoisotopic (exact) mass is 282 g/mol. The summed E-state index contributed by atoms with van der Waals surface area (Å²) >= 11 is 0. The number of ether oxygens (including phenoxy) is 1. The molecule has 5 nitrogen and oxygen atoms in total.